The highest BCUT2D eigenvalue weighted by Crippen LogP contribution is 2.26. The van der Waals surface area contributed by atoms with E-state index in [1.54, 1.807) is 6.92 Å². The van der Waals surface area contributed by atoms with E-state index in [0.29, 0.717) is 25.6 Å². The summed E-state index contributed by atoms with van der Waals surface area (Å²) in [5.41, 5.74) is 5.86. The first kappa shape index (κ1) is 24.0. The number of aliphatic hydroxyl groups is 1. The lowest BCUT2D eigenvalue weighted by molar-refractivity contribution is -0.130. The Labute approximate surface area is 208 Å². The third kappa shape index (κ3) is 5.60. The van der Waals surface area contributed by atoms with E-state index >= 15 is 0 Å². The lowest BCUT2D eigenvalue weighted by Gasteiger charge is -2.34. The first-order valence-corrected chi connectivity index (χ1v) is 13.1. The Bertz CT molecular complexity index is 1080. The number of nitrogens with zero attached hydrogens (tertiary/aromatic N) is 3. The van der Waals surface area contributed by atoms with Crippen LogP contribution in [0, 0.1) is 5.92 Å². The number of amides is 2. The van der Waals surface area contributed by atoms with Crippen LogP contribution < -0.4 is 0 Å². The Hall–Kier alpha value is -2.70. The number of likely N-dealkylation sites (tertiary alicyclic amines) is 1. The molecule has 0 radical (unpaired) electrons. The molecule has 186 valence electrons. The lowest BCUT2D eigenvalue weighted by atomic mass is 9.88. The minimum Gasteiger partial charge on any atom is -0.390 e. The van der Waals surface area contributed by atoms with Crippen molar-refractivity contribution in [1.82, 2.24) is 14.7 Å². The normalized spacial score (nSPS) is 19.9. The van der Waals surface area contributed by atoms with Crippen molar-refractivity contribution in [2.45, 2.75) is 51.7 Å². The van der Waals surface area contributed by atoms with E-state index in [0.717, 1.165) is 69.4 Å². The van der Waals surface area contributed by atoms with Gasteiger partial charge in [-0.1, -0.05) is 36.4 Å². The quantitative estimate of drug-likeness (QED) is 0.698. The van der Waals surface area contributed by atoms with Crippen LogP contribution in [-0.4, -0.2) is 77.0 Å². The second-order valence-electron chi connectivity index (χ2n) is 10.6. The first-order valence-electron chi connectivity index (χ1n) is 13.1. The second-order valence-corrected chi connectivity index (χ2v) is 10.6. The number of fused-ring (bicyclic) bond motifs is 2. The molecule has 1 fully saturated rings. The number of carbonyl (C=O) groups is 2. The number of benzene rings is 2. The van der Waals surface area contributed by atoms with Gasteiger partial charge in [-0.15, -0.1) is 0 Å². The van der Waals surface area contributed by atoms with Gasteiger partial charge >= 0.3 is 0 Å². The summed E-state index contributed by atoms with van der Waals surface area (Å²) in [5, 5.41) is 10.8. The predicted molar refractivity (Wildman–Crippen MR) is 136 cm³/mol. The SMILES string of the molecule is CC(=O)N1CCC(Cc2ccc3c(c2)C(=O)N(CC(O)CN2CCc4ccccc4C2)CC3)CC1. The molecular weight excluding hydrogens is 438 g/mol. The van der Waals surface area contributed by atoms with Gasteiger partial charge in [0.1, 0.15) is 0 Å². The van der Waals surface area contributed by atoms with Crippen molar-refractivity contribution >= 4 is 11.8 Å². The molecule has 3 aliphatic rings. The van der Waals surface area contributed by atoms with Crippen molar-refractivity contribution in [2.24, 2.45) is 5.92 Å². The maximum absolute atomic E-state index is 13.3. The van der Waals surface area contributed by atoms with Gasteiger partial charge < -0.3 is 14.9 Å². The molecule has 1 N–H and O–H groups in total. The Balaban J connectivity index is 1.17. The van der Waals surface area contributed by atoms with E-state index in [4.69, 9.17) is 0 Å². The van der Waals surface area contributed by atoms with E-state index in [2.05, 4.69) is 47.4 Å². The van der Waals surface area contributed by atoms with Crippen LogP contribution in [0.1, 0.15) is 52.4 Å². The van der Waals surface area contributed by atoms with Crippen molar-refractivity contribution in [3.05, 3.63) is 70.3 Å². The topological polar surface area (TPSA) is 64.1 Å². The summed E-state index contributed by atoms with van der Waals surface area (Å²) >= 11 is 0. The molecule has 35 heavy (non-hydrogen) atoms. The summed E-state index contributed by atoms with van der Waals surface area (Å²) in [4.78, 5) is 31.0. The zero-order valence-corrected chi connectivity index (χ0v) is 20.8. The van der Waals surface area contributed by atoms with Gasteiger partial charge in [0.05, 0.1) is 6.10 Å². The van der Waals surface area contributed by atoms with Crippen LogP contribution >= 0.6 is 0 Å². The molecule has 6 heteroatoms. The number of piperidine rings is 1. The molecule has 2 aromatic carbocycles. The minimum absolute atomic E-state index is 0.0440. The highest BCUT2D eigenvalue weighted by molar-refractivity contribution is 5.97. The summed E-state index contributed by atoms with van der Waals surface area (Å²) < 4.78 is 0. The number of hydrogen-bond donors (Lipinski definition) is 1. The molecule has 3 heterocycles. The van der Waals surface area contributed by atoms with Crippen LogP contribution in [0.5, 0.6) is 0 Å². The largest absolute Gasteiger partial charge is 0.390 e. The number of carbonyl (C=O) groups excluding carboxylic acids is 2. The van der Waals surface area contributed by atoms with E-state index < -0.39 is 6.10 Å². The summed E-state index contributed by atoms with van der Waals surface area (Å²) in [7, 11) is 0. The van der Waals surface area contributed by atoms with E-state index in [1.807, 2.05) is 9.80 Å². The number of β-amino-alcohol motifs (C(OH)–C–C–N with tert-alkyl or cyclic N) is 1. The summed E-state index contributed by atoms with van der Waals surface area (Å²) in [6.07, 6.45) is 4.27. The van der Waals surface area contributed by atoms with Crippen LogP contribution in [0.15, 0.2) is 42.5 Å². The molecule has 0 aromatic heterocycles. The Morgan fingerprint density at radius 1 is 0.971 bits per heavy atom. The molecule has 0 aliphatic carbocycles. The van der Waals surface area contributed by atoms with Crippen LogP contribution in [0.25, 0.3) is 0 Å². The van der Waals surface area contributed by atoms with Gasteiger partial charge in [0.15, 0.2) is 0 Å². The van der Waals surface area contributed by atoms with Gasteiger partial charge in [-0.05, 0) is 66.3 Å². The van der Waals surface area contributed by atoms with Crippen molar-refractivity contribution < 1.29 is 14.7 Å². The molecule has 1 unspecified atom stereocenters. The lowest BCUT2D eigenvalue weighted by Crippen LogP contribution is -2.46. The van der Waals surface area contributed by atoms with Crippen LogP contribution in [0.4, 0.5) is 0 Å². The molecule has 1 saturated heterocycles. The fourth-order valence-electron chi connectivity index (χ4n) is 5.97. The highest BCUT2D eigenvalue weighted by atomic mass is 16.3. The van der Waals surface area contributed by atoms with Crippen molar-refractivity contribution in [2.75, 3.05) is 39.3 Å². The molecule has 1 atom stereocenters. The van der Waals surface area contributed by atoms with Crippen LogP contribution in [-0.2, 0) is 30.6 Å². The van der Waals surface area contributed by atoms with Crippen LogP contribution in [0.3, 0.4) is 0 Å². The van der Waals surface area contributed by atoms with E-state index in [1.165, 1.54) is 16.7 Å². The Morgan fingerprint density at radius 2 is 1.71 bits per heavy atom. The van der Waals surface area contributed by atoms with Gasteiger partial charge in [-0.25, -0.2) is 0 Å². The molecule has 2 amide bonds. The Kier molecular flexibility index (Phi) is 7.21. The van der Waals surface area contributed by atoms with Gasteiger partial charge in [0, 0.05) is 58.3 Å². The molecular formula is C29H37N3O3. The van der Waals surface area contributed by atoms with E-state index in [-0.39, 0.29) is 11.8 Å². The number of aliphatic hydroxyl groups excluding tert-OH is 1. The average Bonchev–Trinajstić information content (AvgIpc) is 2.86. The maximum atomic E-state index is 13.3. The maximum Gasteiger partial charge on any atom is 0.254 e. The van der Waals surface area contributed by atoms with Gasteiger partial charge in [0.25, 0.3) is 5.91 Å². The first-order chi connectivity index (χ1) is 17.0. The number of hydrogen-bond acceptors (Lipinski definition) is 4. The molecule has 2 aromatic rings. The van der Waals surface area contributed by atoms with Gasteiger partial charge in [-0.2, -0.15) is 0 Å². The fraction of sp³-hybridized carbons (Fsp3) is 0.517. The molecule has 0 spiro atoms. The number of rotatable bonds is 6. The third-order valence-electron chi connectivity index (χ3n) is 8.04. The van der Waals surface area contributed by atoms with Crippen molar-refractivity contribution in [1.29, 1.82) is 0 Å². The minimum atomic E-state index is -0.555. The molecule has 3 aliphatic heterocycles. The fourth-order valence-corrected chi connectivity index (χ4v) is 5.97. The zero-order chi connectivity index (χ0) is 24.4. The van der Waals surface area contributed by atoms with Gasteiger partial charge in [0.2, 0.25) is 5.91 Å². The molecule has 5 rings (SSSR count). The average molecular weight is 476 g/mol. The molecule has 6 nitrogen and oxygen atoms in total. The van der Waals surface area contributed by atoms with Crippen LogP contribution in [0.2, 0.25) is 0 Å². The smallest absolute Gasteiger partial charge is 0.254 e. The summed E-state index contributed by atoms with van der Waals surface area (Å²) in [5.74, 6) is 0.757. The standard InChI is InChI=1S/C29H37N3O3/c1-21(33)31-13-8-22(9-14-31)16-23-6-7-25-11-15-32(29(35)28(25)17-23)20-27(34)19-30-12-10-24-4-2-3-5-26(24)18-30/h2-7,17,22,27,34H,8-16,18-20H2,1H3. The second kappa shape index (κ2) is 10.5. The summed E-state index contributed by atoms with van der Waals surface area (Å²) in [6, 6.07) is 14.9. The predicted octanol–water partition coefficient (Wildman–Crippen LogP) is 2.91. The van der Waals surface area contributed by atoms with Gasteiger partial charge in [-0.3, -0.25) is 14.5 Å². The monoisotopic (exact) mass is 475 g/mol. The summed E-state index contributed by atoms with van der Waals surface area (Å²) in [6.45, 7) is 6.74. The zero-order valence-electron chi connectivity index (χ0n) is 20.8. The molecule has 0 saturated carbocycles. The highest BCUT2D eigenvalue weighted by Gasteiger charge is 2.28. The van der Waals surface area contributed by atoms with Crippen molar-refractivity contribution in [3.8, 4) is 0 Å². The third-order valence-corrected chi connectivity index (χ3v) is 8.04. The van der Waals surface area contributed by atoms with Crippen molar-refractivity contribution in [3.63, 3.8) is 0 Å². The van der Waals surface area contributed by atoms with E-state index in [9.17, 15) is 14.7 Å². The Morgan fingerprint density at radius 3 is 2.49 bits per heavy atom. The molecule has 0 bridgehead atoms.